The van der Waals surface area contributed by atoms with Crippen LogP contribution in [0.3, 0.4) is 0 Å². The highest BCUT2D eigenvalue weighted by Gasteiger charge is 2.26. The SMILES string of the molecule is CC(O)(CNc1ccc(S(=O)(=O)C(F)F)cc1)c1cccc(Cl)c1. The second-order valence-electron chi connectivity index (χ2n) is 5.47. The summed E-state index contributed by atoms with van der Waals surface area (Å²) >= 11 is 5.90. The first kappa shape index (κ1) is 18.6. The molecule has 0 aromatic heterocycles. The van der Waals surface area contributed by atoms with E-state index in [0.29, 0.717) is 16.3 Å². The number of alkyl halides is 2. The fourth-order valence-corrected chi connectivity index (χ4v) is 2.98. The number of aliphatic hydroxyl groups is 1. The molecule has 1 unspecified atom stereocenters. The third kappa shape index (κ3) is 4.23. The Morgan fingerprint density at radius 1 is 1.21 bits per heavy atom. The summed E-state index contributed by atoms with van der Waals surface area (Å²) in [6.07, 6.45) is 0. The fourth-order valence-electron chi connectivity index (χ4n) is 2.07. The maximum atomic E-state index is 12.5. The molecular weight excluding hydrogens is 360 g/mol. The van der Waals surface area contributed by atoms with Crippen molar-refractivity contribution in [3.05, 3.63) is 59.1 Å². The van der Waals surface area contributed by atoms with Crippen LogP contribution in [0.5, 0.6) is 0 Å². The molecule has 0 saturated heterocycles. The third-order valence-electron chi connectivity index (χ3n) is 3.50. The van der Waals surface area contributed by atoms with Crippen molar-refractivity contribution in [3.63, 3.8) is 0 Å². The number of hydrogen-bond acceptors (Lipinski definition) is 4. The minimum Gasteiger partial charge on any atom is -0.384 e. The maximum Gasteiger partial charge on any atom is 0.341 e. The molecule has 1 atom stereocenters. The van der Waals surface area contributed by atoms with Crippen LogP contribution in [0.1, 0.15) is 12.5 Å². The summed E-state index contributed by atoms with van der Waals surface area (Å²) in [6, 6.07) is 11.7. The summed E-state index contributed by atoms with van der Waals surface area (Å²) in [5, 5.41) is 13.9. The molecule has 2 aromatic rings. The Labute approximate surface area is 144 Å². The number of nitrogens with one attached hydrogen (secondary N) is 1. The molecule has 0 radical (unpaired) electrons. The molecule has 0 bridgehead atoms. The van der Waals surface area contributed by atoms with Crippen molar-refractivity contribution in [1.82, 2.24) is 0 Å². The van der Waals surface area contributed by atoms with Gasteiger partial charge in [0.15, 0.2) is 0 Å². The summed E-state index contributed by atoms with van der Waals surface area (Å²) in [7, 11) is -4.61. The molecule has 2 N–H and O–H groups in total. The minimum absolute atomic E-state index is 0.119. The minimum atomic E-state index is -4.61. The topological polar surface area (TPSA) is 66.4 Å². The Hall–Kier alpha value is -1.70. The van der Waals surface area contributed by atoms with Gasteiger partial charge in [0.1, 0.15) is 5.60 Å². The van der Waals surface area contributed by atoms with Gasteiger partial charge < -0.3 is 10.4 Å². The number of sulfone groups is 1. The fraction of sp³-hybridized carbons (Fsp3) is 0.250. The van der Waals surface area contributed by atoms with Crippen LogP contribution in [0.2, 0.25) is 5.02 Å². The molecule has 8 heteroatoms. The molecule has 0 fully saturated rings. The molecule has 0 spiro atoms. The Bertz CT molecular complexity index is 808. The van der Waals surface area contributed by atoms with Crippen molar-refractivity contribution in [2.75, 3.05) is 11.9 Å². The smallest absolute Gasteiger partial charge is 0.341 e. The van der Waals surface area contributed by atoms with Crippen molar-refractivity contribution in [2.45, 2.75) is 23.2 Å². The second-order valence-corrected chi connectivity index (χ2v) is 7.82. The van der Waals surface area contributed by atoms with Gasteiger partial charge in [-0.2, -0.15) is 8.78 Å². The predicted molar refractivity (Wildman–Crippen MR) is 89.1 cm³/mol. The maximum absolute atomic E-state index is 12.5. The zero-order valence-corrected chi connectivity index (χ0v) is 14.3. The van der Waals surface area contributed by atoms with Gasteiger partial charge in [0, 0.05) is 17.3 Å². The number of rotatable bonds is 6. The third-order valence-corrected chi connectivity index (χ3v) is 5.13. The van der Waals surface area contributed by atoms with Crippen LogP contribution in [0.15, 0.2) is 53.4 Å². The van der Waals surface area contributed by atoms with Gasteiger partial charge in [0.25, 0.3) is 0 Å². The summed E-state index contributed by atoms with van der Waals surface area (Å²) in [5.41, 5.74) is -0.122. The van der Waals surface area contributed by atoms with Gasteiger partial charge in [-0.3, -0.25) is 0 Å². The molecule has 0 saturated carbocycles. The van der Waals surface area contributed by atoms with Crippen molar-refractivity contribution in [3.8, 4) is 0 Å². The normalized spacial score (nSPS) is 14.4. The van der Waals surface area contributed by atoms with E-state index in [-0.39, 0.29) is 6.54 Å². The lowest BCUT2D eigenvalue weighted by Gasteiger charge is -2.25. The number of halogens is 3. The lowest BCUT2D eigenvalue weighted by molar-refractivity contribution is 0.0715. The standard InChI is InChI=1S/C16H16ClF2NO3S/c1-16(21,11-3-2-4-12(17)9-11)10-20-13-5-7-14(8-6-13)24(22,23)15(18)19/h2-9,15,20-21H,10H2,1H3. The second kappa shape index (κ2) is 7.04. The van der Waals surface area contributed by atoms with Crippen LogP contribution in [0, 0.1) is 0 Å². The van der Waals surface area contributed by atoms with Gasteiger partial charge in [-0.05, 0) is 48.9 Å². The van der Waals surface area contributed by atoms with E-state index in [1.54, 1.807) is 31.2 Å². The van der Waals surface area contributed by atoms with Crippen LogP contribution in [0.4, 0.5) is 14.5 Å². The quantitative estimate of drug-likeness (QED) is 0.808. The predicted octanol–water partition coefficient (Wildman–Crippen LogP) is 3.66. The van der Waals surface area contributed by atoms with E-state index in [1.807, 2.05) is 0 Å². The van der Waals surface area contributed by atoms with Crippen LogP contribution in [-0.4, -0.2) is 25.8 Å². The first-order valence-corrected chi connectivity index (χ1v) is 8.90. The van der Waals surface area contributed by atoms with Gasteiger partial charge in [-0.15, -0.1) is 0 Å². The van der Waals surface area contributed by atoms with Gasteiger partial charge in [0.05, 0.1) is 4.90 Å². The van der Waals surface area contributed by atoms with E-state index in [2.05, 4.69) is 5.32 Å². The van der Waals surface area contributed by atoms with Gasteiger partial charge in [-0.25, -0.2) is 8.42 Å². The molecule has 4 nitrogen and oxygen atoms in total. The van der Waals surface area contributed by atoms with E-state index in [9.17, 15) is 22.3 Å². The molecule has 130 valence electrons. The summed E-state index contributed by atoms with van der Waals surface area (Å²) in [4.78, 5) is -0.454. The van der Waals surface area contributed by atoms with Gasteiger partial charge in [-0.1, -0.05) is 23.7 Å². The lowest BCUT2D eigenvalue weighted by atomic mass is 9.96. The van der Waals surface area contributed by atoms with Crippen LogP contribution >= 0.6 is 11.6 Å². The first-order chi connectivity index (χ1) is 11.1. The molecule has 0 amide bonds. The average molecular weight is 376 g/mol. The molecular formula is C16H16ClF2NO3S. The average Bonchev–Trinajstić information content (AvgIpc) is 2.53. The number of anilines is 1. The van der Waals surface area contributed by atoms with Crippen LogP contribution in [-0.2, 0) is 15.4 Å². The Balaban J connectivity index is 2.10. The van der Waals surface area contributed by atoms with Gasteiger partial charge in [0.2, 0.25) is 9.84 Å². The van der Waals surface area contributed by atoms with Crippen LogP contribution < -0.4 is 5.32 Å². The molecule has 0 aliphatic rings. The zero-order valence-electron chi connectivity index (χ0n) is 12.7. The molecule has 2 aromatic carbocycles. The zero-order chi connectivity index (χ0) is 18.0. The molecule has 24 heavy (non-hydrogen) atoms. The van der Waals surface area contributed by atoms with Crippen LogP contribution in [0.25, 0.3) is 0 Å². The summed E-state index contributed by atoms with van der Waals surface area (Å²) in [5.74, 6) is -3.46. The first-order valence-electron chi connectivity index (χ1n) is 6.97. The summed E-state index contributed by atoms with van der Waals surface area (Å²) in [6.45, 7) is 1.72. The highest BCUT2D eigenvalue weighted by molar-refractivity contribution is 7.91. The largest absolute Gasteiger partial charge is 0.384 e. The van der Waals surface area contributed by atoms with Crippen molar-refractivity contribution >= 4 is 27.1 Å². The highest BCUT2D eigenvalue weighted by Crippen LogP contribution is 2.25. The molecule has 2 rings (SSSR count). The molecule has 0 heterocycles. The Morgan fingerprint density at radius 3 is 2.38 bits per heavy atom. The van der Waals surface area contributed by atoms with Crippen molar-refractivity contribution in [1.29, 1.82) is 0 Å². The van der Waals surface area contributed by atoms with E-state index in [0.717, 1.165) is 12.1 Å². The lowest BCUT2D eigenvalue weighted by Crippen LogP contribution is -2.30. The highest BCUT2D eigenvalue weighted by atomic mass is 35.5. The summed E-state index contributed by atoms with van der Waals surface area (Å²) < 4.78 is 47.7. The van der Waals surface area contributed by atoms with Gasteiger partial charge >= 0.3 is 5.76 Å². The Morgan fingerprint density at radius 2 is 1.83 bits per heavy atom. The van der Waals surface area contributed by atoms with E-state index in [1.165, 1.54) is 12.1 Å². The number of hydrogen-bond donors (Lipinski definition) is 2. The van der Waals surface area contributed by atoms with E-state index >= 15 is 0 Å². The molecule has 0 aliphatic heterocycles. The molecule has 0 aliphatic carbocycles. The van der Waals surface area contributed by atoms with E-state index in [4.69, 9.17) is 11.6 Å². The van der Waals surface area contributed by atoms with Crippen molar-refractivity contribution < 1.29 is 22.3 Å². The number of benzene rings is 2. The Kier molecular flexibility index (Phi) is 5.47. The van der Waals surface area contributed by atoms with Crippen molar-refractivity contribution in [2.24, 2.45) is 0 Å². The monoisotopic (exact) mass is 375 g/mol. The van der Waals surface area contributed by atoms with E-state index < -0.39 is 26.1 Å².